The number of esters is 4. The minimum atomic E-state index is -1.84. The number of carbonyl (C=O) groups is 4. The maximum Gasteiger partial charge on any atom is 0.343 e. The first-order valence-corrected chi connectivity index (χ1v) is 40.5. The molecule has 32 nitrogen and oxygen atoms in total. The van der Waals surface area contributed by atoms with Crippen molar-refractivity contribution in [3.8, 4) is 68.5 Å². The zero-order valence-electron chi connectivity index (χ0n) is 70.8. The van der Waals surface area contributed by atoms with Crippen LogP contribution in [0.2, 0.25) is 0 Å². The Morgan fingerprint density at radius 3 is 0.864 bits per heavy atom. The van der Waals surface area contributed by atoms with E-state index in [2.05, 4.69) is 11.7 Å². The molecule has 0 aliphatic carbocycles. The van der Waals surface area contributed by atoms with Gasteiger partial charge in [-0.05, 0) is 171 Å². The van der Waals surface area contributed by atoms with Crippen LogP contribution in [0.3, 0.4) is 0 Å². The van der Waals surface area contributed by atoms with Crippen LogP contribution in [0.1, 0.15) is 137 Å². The predicted molar refractivity (Wildman–Crippen MR) is 456 cm³/mol. The van der Waals surface area contributed by atoms with Gasteiger partial charge in [-0.25, -0.2) is 43.7 Å². The minimum absolute atomic E-state index is 0. The molecular weight excluding hydrogens is 1630 g/mol. The quantitative estimate of drug-likeness (QED) is 0.0410. The highest BCUT2D eigenvalue weighted by molar-refractivity contribution is 5.94. The molecule has 20 rings (SSSR count). The second kappa shape index (κ2) is 32.3. The van der Waals surface area contributed by atoms with Gasteiger partial charge in [0, 0.05) is 102 Å². The summed E-state index contributed by atoms with van der Waals surface area (Å²) in [7, 11) is 15.3. The maximum absolute atomic E-state index is 13.2. The monoisotopic (exact) mass is 1720 g/mol. The van der Waals surface area contributed by atoms with Gasteiger partial charge in [0.15, 0.2) is 22.4 Å². The van der Waals surface area contributed by atoms with Crippen molar-refractivity contribution in [3.63, 3.8) is 0 Å². The molecule has 0 saturated heterocycles. The number of aliphatic hydroxyl groups is 4. The van der Waals surface area contributed by atoms with E-state index in [1.54, 1.807) is 129 Å². The number of fused-ring (bicyclic) bond motifs is 20. The highest BCUT2D eigenvalue weighted by atomic mass is 35.5. The Morgan fingerprint density at radius 2 is 0.616 bits per heavy atom. The molecule has 8 aliphatic heterocycles. The molecule has 8 N–H and O–H groups in total. The normalized spacial score (nSPS) is 18.9. The van der Waals surface area contributed by atoms with Crippen molar-refractivity contribution in [1.29, 1.82) is 0 Å². The first-order chi connectivity index (χ1) is 58.9. The first kappa shape index (κ1) is 87.0. The van der Waals surface area contributed by atoms with E-state index in [4.69, 9.17) is 33.9 Å². The van der Waals surface area contributed by atoms with Gasteiger partial charge in [0.05, 0.1) is 116 Å². The highest BCUT2D eigenvalue weighted by Crippen LogP contribution is 2.46. The number of pyridine rings is 8. The Hall–Kier alpha value is -12.9. The Bertz CT molecular complexity index is 6440. The van der Waals surface area contributed by atoms with Gasteiger partial charge in [-0.3, -0.25) is 19.2 Å². The lowest BCUT2D eigenvalue weighted by molar-refractivity contribution is -0.454. The van der Waals surface area contributed by atoms with Gasteiger partial charge >= 0.3 is 23.9 Å². The molecule has 4 atom stereocenters. The molecule has 0 fully saturated rings. The van der Waals surface area contributed by atoms with E-state index in [1.165, 1.54) is 0 Å². The lowest BCUT2D eigenvalue weighted by Crippen LogP contribution is -3.00. The summed E-state index contributed by atoms with van der Waals surface area (Å²) < 4.78 is 28.5. The molecule has 16 heterocycles. The van der Waals surface area contributed by atoms with Gasteiger partial charge in [0.25, 0.3) is 22.2 Å². The number of phenols is 4. The zero-order chi connectivity index (χ0) is 88.7. The summed E-state index contributed by atoms with van der Waals surface area (Å²) in [5.74, 6) is -2.18. The third-order valence-corrected chi connectivity index (χ3v) is 24.2. The molecule has 0 radical (unpaired) electrons. The lowest BCUT2D eigenvalue weighted by atomic mass is 9.86. The third-order valence-electron chi connectivity index (χ3n) is 24.2. The summed E-state index contributed by atoms with van der Waals surface area (Å²) in [4.78, 5) is 127. The number of phenolic OH excluding ortho intramolecular Hbond substituents is 4. The van der Waals surface area contributed by atoms with Crippen molar-refractivity contribution in [2.75, 3.05) is 56.4 Å². The van der Waals surface area contributed by atoms with Gasteiger partial charge in [-0.2, -0.15) is 0 Å². The van der Waals surface area contributed by atoms with Crippen molar-refractivity contribution in [2.45, 2.75) is 148 Å². The summed E-state index contributed by atoms with van der Waals surface area (Å²) in [6.45, 7) is 12.6. The molecule has 8 aromatic heterocycles. The molecule has 8 aliphatic rings. The number of aromatic hydroxyl groups is 4. The molecular formula is C92H93ClN12O20. The average molecular weight is 1720 g/mol. The van der Waals surface area contributed by atoms with Gasteiger partial charge in [-0.15, -0.1) is 0 Å². The van der Waals surface area contributed by atoms with Crippen molar-refractivity contribution in [2.24, 2.45) is 0 Å². The molecule has 12 aromatic rings. The summed E-state index contributed by atoms with van der Waals surface area (Å²) in [6, 6.07) is 29.6. The van der Waals surface area contributed by atoms with Crippen molar-refractivity contribution in [3.05, 3.63) is 228 Å². The fourth-order valence-corrected chi connectivity index (χ4v) is 17.7. The van der Waals surface area contributed by atoms with Gasteiger partial charge < -0.3 is 105 Å². The standard InChI is InChI=1S/3C23H23N3O5.C20H16N2O5.C3H8N.ClH/c3*1-4-23(30)16-8-18-20-12(9-26(18)21(28)15(16)11-31-22(23)29)7-13-14(10-25(2)3)19(27)6-5-17(13)24-20;1-2-20(26)14-7-16-17-11(5-10-6-12(23)3-4-15(10)21-17)8-22(16)18(24)13(14)9-27-19(20)25;1-4(2)3;/h3*5-8,27,30H,4,9-11H2,1-3H3;3-7,23,26H,2,8-9H2,1H3;1H2,2-3H3;1H/q;;;;+1;/p-1/t3*23-;20-;;/m0000../s1. The molecule has 648 valence electrons. The summed E-state index contributed by atoms with van der Waals surface area (Å²) in [5.41, 5.74) is 7.34. The number of hydrogen-bond donors (Lipinski definition) is 8. The molecule has 0 spiro atoms. The van der Waals surface area contributed by atoms with E-state index in [0.29, 0.717) is 158 Å². The number of benzene rings is 4. The van der Waals surface area contributed by atoms with E-state index in [0.717, 1.165) is 60.5 Å². The van der Waals surface area contributed by atoms with Crippen LogP contribution >= 0.6 is 0 Å². The van der Waals surface area contributed by atoms with Crippen LogP contribution in [0, 0.1) is 0 Å². The fourth-order valence-electron chi connectivity index (χ4n) is 17.7. The van der Waals surface area contributed by atoms with Gasteiger partial charge in [-0.1, -0.05) is 27.7 Å². The number of rotatable bonds is 10. The SMILES string of the molecule is C=[N+](C)C.CC[C@@]1(O)C(=O)OCc2c1cc1n(c2=O)Cc2cc3c(CN(C)C)c(O)ccc3nc2-1.CC[C@@]1(O)C(=O)OCc2c1cc1n(c2=O)Cc2cc3c(CN(C)C)c(O)ccc3nc2-1.CC[C@@]1(O)C(=O)OCc2c1cc1n(c2=O)Cc2cc3c(CN(C)C)c(O)ccc3nc2-1.CC[C@@]1(O)C(=O)OCc2c1cc1n(c2=O)Cc2cc3cc(O)ccc3nc2-1.[Cl-]. The van der Waals surface area contributed by atoms with Gasteiger partial charge in [0.1, 0.15) is 70.2 Å². The van der Waals surface area contributed by atoms with Crippen LogP contribution in [0.5, 0.6) is 23.0 Å². The predicted octanol–water partition coefficient (Wildman–Crippen LogP) is 4.29. The second-order valence-corrected chi connectivity index (χ2v) is 33.5. The van der Waals surface area contributed by atoms with E-state index in [1.807, 2.05) is 95.3 Å². The van der Waals surface area contributed by atoms with Crippen LogP contribution in [0.4, 0.5) is 0 Å². The number of hydrogen-bond acceptors (Lipinski definition) is 27. The average Bonchev–Trinajstić information content (AvgIpc) is 1.61. The molecule has 4 aromatic carbocycles. The van der Waals surface area contributed by atoms with Crippen LogP contribution in [0.25, 0.3) is 89.2 Å². The molecule has 0 saturated carbocycles. The molecule has 0 amide bonds. The molecule has 0 unspecified atom stereocenters. The smallest absolute Gasteiger partial charge is 0.343 e. The van der Waals surface area contributed by atoms with E-state index < -0.39 is 46.3 Å². The molecule has 33 heteroatoms. The number of aromatic nitrogens is 8. The summed E-state index contributed by atoms with van der Waals surface area (Å²) in [6.07, 6.45) is 0.422. The Balaban J connectivity index is 0.000000127. The second-order valence-electron chi connectivity index (χ2n) is 33.5. The number of cyclic esters (lactones) is 4. The van der Waals surface area contributed by atoms with Crippen molar-refractivity contribution in [1.82, 2.24) is 52.9 Å². The highest BCUT2D eigenvalue weighted by Gasteiger charge is 2.50. The van der Waals surface area contributed by atoms with Crippen LogP contribution in [-0.4, -0.2) is 185 Å². The minimum Gasteiger partial charge on any atom is -1.00 e. The first-order valence-electron chi connectivity index (χ1n) is 40.5. The van der Waals surface area contributed by atoms with E-state index in [-0.39, 0.29) is 110 Å². The number of nitrogens with zero attached hydrogens (tertiary/aromatic N) is 12. The van der Waals surface area contributed by atoms with Gasteiger partial charge in [0.2, 0.25) is 0 Å². The number of halogens is 1. The fraction of sp³-hybridized carbons (Fsp3) is 0.337. The molecule has 0 bridgehead atoms. The van der Waals surface area contributed by atoms with Crippen LogP contribution < -0.4 is 34.6 Å². The Labute approximate surface area is 720 Å². The maximum atomic E-state index is 13.2. The summed E-state index contributed by atoms with van der Waals surface area (Å²) >= 11 is 0. The van der Waals surface area contributed by atoms with E-state index in [9.17, 15) is 79.2 Å². The third kappa shape index (κ3) is 14.4. The van der Waals surface area contributed by atoms with E-state index >= 15 is 0 Å². The van der Waals surface area contributed by atoms with Crippen LogP contribution in [0.15, 0.2) is 122 Å². The molecule has 125 heavy (non-hydrogen) atoms. The number of ether oxygens (including phenoxy) is 4. The Morgan fingerprint density at radius 1 is 0.376 bits per heavy atom. The zero-order valence-corrected chi connectivity index (χ0v) is 71.6. The number of carbonyl (C=O) groups excluding carboxylic acids is 4. The Kier molecular flexibility index (Phi) is 22.5. The van der Waals surface area contributed by atoms with Crippen LogP contribution in [-0.2, 0) is 133 Å². The van der Waals surface area contributed by atoms with Crippen molar-refractivity contribution >= 4 is 74.2 Å². The van der Waals surface area contributed by atoms with Crippen molar-refractivity contribution < 1.29 is 96.0 Å². The topological polar surface area (TPSA) is 419 Å². The largest absolute Gasteiger partial charge is 1.00 e. The lowest BCUT2D eigenvalue weighted by Gasteiger charge is -2.31. The summed E-state index contributed by atoms with van der Waals surface area (Å²) in [5, 5.41) is 87.8.